The summed E-state index contributed by atoms with van der Waals surface area (Å²) < 4.78 is 55.2. The Morgan fingerprint density at radius 1 is 1.35 bits per heavy atom. The Morgan fingerprint density at radius 2 is 1.95 bits per heavy atom. The van der Waals surface area contributed by atoms with Gasteiger partial charge in [-0.1, -0.05) is 0 Å². The van der Waals surface area contributed by atoms with E-state index in [1.807, 2.05) is 27.7 Å². The van der Waals surface area contributed by atoms with E-state index in [0.29, 0.717) is 0 Å². The van der Waals surface area contributed by atoms with Gasteiger partial charge in [0, 0.05) is 16.2 Å². The maximum absolute atomic E-state index is 12.0. The second-order valence-electron chi connectivity index (χ2n) is 5.28. The first-order valence-corrected chi connectivity index (χ1v) is 7.93. The molecule has 0 aromatic carbocycles. The maximum Gasteiger partial charge on any atom is 0.422 e. The lowest BCUT2D eigenvalue weighted by Gasteiger charge is -2.26. The van der Waals surface area contributed by atoms with Gasteiger partial charge in [0.15, 0.2) is 11.7 Å². The van der Waals surface area contributed by atoms with Gasteiger partial charge in [0.1, 0.15) is 4.75 Å². The van der Waals surface area contributed by atoms with Crippen molar-refractivity contribution in [1.82, 2.24) is 4.72 Å². The molecule has 0 aliphatic heterocycles. The summed E-state index contributed by atoms with van der Waals surface area (Å²) in [4.78, 5) is 0.778. The van der Waals surface area contributed by atoms with Crippen LogP contribution in [0.2, 0.25) is 0 Å². The molecule has 20 heavy (non-hydrogen) atoms. The quantitative estimate of drug-likeness (QED) is 0.836. The van der Waals surface area contributed by atoms with E-state index in [-0.39, 0.29) is 11.1 Å². The molecule has 2 unspecified atom stereocenters. The molecule has 0 amide bonds. The van der Waals surface area contributed by atoms with Gasteiger partial charge in [-0.05, 0) is 39.8 Å². The van der Waals surface area contributed by atoms with E-state index in [0.717, 1.165) is 16.2 Å². The van der Waals surface area contributed by atoms with Crippen LogP contribution in [0.4, 0.5) is 13.2 Å². The Labute approximate surface area is 123 Å². The fraction of sp³-hybridized carbons (Fsp3) is 0.667. The maximum atomic E-state index is 12.0. The van der Waals surface area contributed by atoms with Crippen LogP contribution in [-0.4, -0.2) is 22.1 Å². The van der Waals surface area contributed by atoms with Gasteiger partial charge in [0.25, 0.3) is 0 Å². The van der Waals surface area contributed by atoms with Crippen molar-refractivity contribution in [3.05, 3.63) is 17.0 Å². The van der Waals surface area contributed by atoms with Crippen molar-refractivity contribution in [3.63, 3.8) is 0 Å². The van der Waals surface area contributed by atoms with Crippen LogP contribution in [0.1, 0.15) is 38.6 Å². The van der Waals surface area contributed by atoms with E-state index in [9.17, 15) is 17.7 Å². The molecule has 1 aromatic heterocycles. The summed E-state index contributed by atoms with van der Waals surface area (Å²) in [6.07, 6.45) is -4.35. The van der Waals surface area contributed by atoms with E-state index in [2.05, 4.69) is 9.46 Å². The number of alkyl halides is 3. The molecule has 0 radical (unpaired) electrons. The van der Waals surface area contributed by atoms with Crippen LogP contribution in [0.5, 0.6) is 5.06 Å². The van der Waals surface area contributed by atoms with Gasteiger partial charge in [-0.25, -0.2) is 0 Å². The minimum absolute atomic E-state index is 0.201. The van der Waals surface area contributed by atoms with Gasteiger partial charge in [-0.2, -0.15) is 13.2 Å². The predicted octanol–water partition coefficient (Wildman–Crippen LogP) is 3.80. The third kappa shape index (κ3) is 5.90. The van der Waals surface area contributed by atoms with Crippen LogP contribution >= 0.6 is 11.3 Å². The topological polar surface area (TPSA) is 44.3 Å². The Morgan fingerprint density at radius 3 is 2.45 bits per heavy atom. The summed E-state index contributed by atoms with van der Waals surface area (Å²) in [7, 11) is 0. The second kappa shape index (κ2) is 6.55. The van der Waals surface area contributed by atoms with E-state index in [4.69, 9.17) is 0 Å². The summed E-state index contributed by atoms with van der Waals surface area (Å²) in [6, 6.07) is 2.95. The first-order valence-electron chi connectivity index (χ1n) is 5.96. The third-order valence-electron chi connectivity index (χ3n) is 2.25. The summed E-state index contributed by atoms with van der Waals surface area (Å²) >= 11 is -0.125. The van der Waals surface area contributed by atoms with E-state index >= 15 is 0 Å². The minimum Gasteiger partial charge on any atom is -0.598 e. The molecule has 116 valence electrons. The standard InChI is InChI=1S/C12H18F3NO2S2/c1-8(16-20(17)11(2,3)4)9-5-6-10(19-9)18-7-12(13,14)15/h5-6,8,16H,7H2,1-4H3. The molecule has 0 aliphatic rings. The molecule has 1 rings (SSSR count). The third-order valence-corrected chi connectivity index (χ3v) is 5.11. The van der Waals surface area contributed by atoms with Crippen molar-refractivity contribution in [2.45, 2.75) is 44.7 Å². The highest BCUT2D eigenvalue weighted by Gasteiger charge is 2.30. The molecule has 3 nitrogen and oxygen atoms in total. The molecule has 8 heteroatoms. The zero-order chi connectivity index (χ0) is 15.6. The number of nitrogens with one attached hydrogen (secondary N) is 1. The van der Waals surface area contributed by atoms with Gasteiger partial charge in [-0.3, -0.25) is 0 Å². The van der Waals surface area contributed by atoms with E-state index in [1.165, 1.54) is 6.07 Å². The van der Waals surface area contributed by atoms with Crippen molar-refractivity contribution < 1.29 is 22.5 Å². The largest absolute Gasteiger partial charge is 0.598 e. The summed E-state index contributed by atoms with van der Waals surface area (Å²) in [5.74, 6) is 0. The Kier molecular flexibility index (Phi) is 5.77. The van der Waals surface area contributed by atoms with E-state index < -0.39 is 28.9 Å². The molecule has 0 spiro atoms. The van der Waals surface area contributed by atoms with Crippen LogP contribution in [0.25, 0.3) is 0 Å². The van der Waals surface area contributed by atoms with Gasteiger partial charge >= 0.3 is 6.18 Å². The fourth-order valence-corrected chi connectivity index (χ4v) is 2.93. The number of hydrogen-bond donors (Lipinski definition) is 1. The molecule has 2 atom stereocenters. The fourth-order valence-electron chi connectivity index (χ4n) is 1.19. The highest BCUT2D eigenvalue weighted by Crippen LogP contribution is 2.31. The lowest BCUT2D eigenvalue weighted by molar-refractivity contribution is -0.152. The Balaban J connectivity index is 2.58. The summed E-state index contributed by atoms with van der Waals surface area (Å²) in [5.41, 5.74) is 0. The van der Waals surface area contributed by atoms with Crippen molar-refractivity contribution in [3.8, 4) is 5.06 Å². The van der Waals surface area contributed by atoms with Gasteiger partial charge < -0.3 is 9.29 Å². The van der Waals surface area contributed by atoms with Crippen LogP contribution < -0.4 is 9.46 Å². The molecule has 0 bridgehead atoms. The number of halogens is 3. The summed E-state index contributed by atoms with van der Waals surface area (Å²) in [6.45, 7) is 6.03. The van der Waals surface area contributed by atoms with Crippen molar-refractivity contribution >= 4 is 22.7 Å². The molecule has 0 fully saturated rings. The SMILES string of the molecule is CC(N[S+]([O-])C(C)(C)C)c1ccc(OCC(F)(F)F)s1. The molecule has 1 heterocycles. The first-order chi connectivity index (χ1) is 8.99. The van der Waals surface area contributed by atoms with Crippen LogP contribution in [0, 0.1) is 0 Å². The normalized spacial score (nSPS) is 16.0. The second-order valence-corrected chi connectivity index (χ2v) is 8.36. The van der Waals surface area contributed by atoms with Crippen molar-refractivity contribution in [2.75, 3.05) is 6.61 Å². The molecule has 1 N–H and O–H groups in total. The Bertz CT molecular complexity index is 429. The zero-order valence-electron chi connectivity index (χ0n) is 11.7. The van der Waals surface area contributed by atoms with Crippen LogP contribution in [-0.2, 0) is 11.4 Å². The smallest absolute Gasteiger partial charge is 0.422 e. The van der Waals surface area contributed by atoms with Crippen molar-refractivity contribution in [2.24, 2.45) is 0 Å². The number of hydrogen-bond acceptors (Lipinski definition) is 4. The Hall–Kier alpha value is -0.440. The number of ether oxygens (including phenoxy) is 1. The van der Waals surface area contributed by atoms with Gasteiger partial charge in [0.2, 0.25) is 0 Å². The zero-order valence-corrected chi connectivity index (χ0v) is 13.3. The minimum atomic E-state index is -4.35. The van der Waals surface area contributed by atoms with Gasteiger partial charge in [0.05, 0.1) is 6.04 Å². The number of rotatable bonds is 5. The predicted molar refractivity (Wildman–Crippen MR) is 75.3 cm³/mol. The molecule has 0 saturated heterocycles. The lowest BCUT2D eigenvalue weighted by atomic mass is 10.3. The monoisotopic (exact) mass is 329 g/mol. The first kappa shape index (κ1) is 17.6. The average molecular weight is 329 g/mol. The average Bonchev–Trinajstić information content (AvgIpc) is 2.72. The molecular weight excluding hydrogens is 311 g/mol. The highest BCUT2D eigenvalue weighted by molar-refractivity contribution is 7.90. The highest BCUT2D eigenvalue weighted by atomic mass is 32.2. The molecular formula is C12H18F3NO2S2. The summed E-state index contributed by atoms with van der Waals surface area (Å²) in [5, 5.41) is 0.201. The molecule has 0 saturated carbocycles. The van der Waals surface area contributed by atoms with Crippen molar-refractivity contribution in [1.29, 1.82) is 0 Å². The molecule has 1 aromatic rings. The van der Waals surface area contributed by atoms with Gasteiger partial charge in [-0.15, -0.1) is 16.1 Å². The van der Waals surface area contributed by atoms with Crippen LogP contribution in [0.3, 0.4) is 0 Å². The van der Waals surface area contributed by atoms with Crippen LogP contribution in [0.15, 0.2) is 12.1 Å². The van der Waals surface area contributed by atoms with E-state index in [1.54, 1.807) is 6.07 Å². The molecule has 0 aliphatic carbocycles. The lowest BCUT2D eigenvalue weighted by Crippen LogP contribution is -2.40. The number of thiophene rings is 1.